The first-order valence-corrected chi connectivity index (χ1v) is 7.95. The molecule has 0 radical (unpaired) electrons. The van der Waals surface area contributed by atoms with Crippen molar-refractivity contribution in [3.63, 3.8) is 0 Å². The molecule has 0 aromatic rings. The van der Waals surface area contributed by atoms with Crippen LogP contribution in [0.4, 0.5) is 0 Å². The molecule has 15 heavy (non-hydrogen) atoms. The highest BCUT2D eigenvalue weighted by Gasteiger charge is 2.18. The Morgan fingerprint density at radius 1 is 1.20 bits per heavy atom. The van der Waals surface area contributed by atoms with Gasteiger partial charge in [-0.2, -0.15) is 8.42 Å². The van der Waals surface area contributed by atoms with Crippen LogP contribution in [0.5, 0.6) is 0 Å². The Kier molecular flexibility index (Phi) is 5.71. The second-order valence-corrected chi connectivity index (χ2v) is 7.38. The first-order valence-electron chi connectivity index (χ1n) is 4.52. The molecule has 1 unspecified atom stereocenters. The number of hydrogen-bond acceptors (Lipinski definition) is 5. The van der Waals surface area contributed by atoms with E-state index in [4.69, 9.17) is 10.3 Å². The summed E-state index contributed by atoms with van der Waals surface area (Å²) >= 11 is 0. The maximum Gasteiger partial charge on any atom is 0.265 e. The van der Waals surface area contributed by atoms with E-state index in [1.807, 2.05) is 0 Å². The van der Waals surface area contributed by atoms with Crippen molar-refractivity contribution < 1.29 is 21.4 Å². The van der Waals surface area contributed by atoms with Crippen molar-refractivity contribution in [1.82, 2.24) is 0 Å². The molecule has 0 bridgehead atoms. The molecule has 1 atom stereocenters. The number of rotatable bonds is 7. The highest BCUT2D eigenvalue weighted by molar-refractivity contribution is 7.93. The lowest BCUT2D eigenvalue weighted by Gasteiger charge is -2.09. The average Bonchev–Trinajstić information content (AvgIpc) is 1.99. The molecule has 0 rings (SSSR count). The summed E-state index contributed by atoms with van der Waals surface area (Å²) in [6, 6.07) is 0. The van der Waals surface area contributed by atoms with Crippen LogP contribution in [0.1, 0.15) is 13.3 Å². The van der Waals surface area contributed by atoms with Gasteiger partial charge in [0.05, 0.1) is 17.3 Å². The molecule has 0 fully saturated rings. The SMILES string of the molecule is CC(CCN)CS(=O)(=O)CCS(=O)(=O)O. The van der Waals surface area contributed by atoms with Crippen LogP contribution in [0.25, 0.3) is 0 Å². The first-order chi connectivity index (χ1) is 6.66. The molecule has 0 aromatic carbocycles. The zero-order valence-corrected chi connectivity index (χ0v) is 10.2. The second kappa shape index (κ2) is 5.78. The van der Waals surface area contributed by atoms with Crippen molar-refractivity contribution >= 4 is 20.0 Å². The summed E-state index contributed by atoms with van der Waals surface area (Å²) in [5.74, 6) is -1.48. The Balaban J connectivity index is 4.21. The molecule has 0 amide bonds. The van der Waals surface area contributed by atoms with Crippen LogP contribution in [0.2, 0.25) is 0 Å². The molecule has 0 aromatic heterocycles. The predicted octanol–water partition coefficient (Wildman–Crippen LogP) is -0.726. The zero-order valence-electron chi connectivity index (χ0n) is 8.59. The molecule has 0 saturated heterocycles. The summed E-state index contributed by atoms with van der Waals surface area (Å²) in [4.78, 5) is 0. The summed E-state index contributed by atoms with van der Waals surface area (Å²) < 4.78 is 51.8. The Hall–Kier alpha value is -0.180. The van der Waals surface area contributed by atoms with E-state index in [1.165, 1.54) is 0 Å². The van der Waals surface area contributed by atoms with Crippen molar-refractivity contribution in [2.75, 3.05) is 23.8 Å². The van der Waals surface area contributed by atoms with Gasteiger partial charge in [0.15, 0.2) is 9.84 Å². The quantitative estimate of drug-likeness (QED) is 0.583. The van der Waals surface area contributed by atoms with Crippen molar-refractivity contribution in [2.45, 2.75) is 13.3 Å². The molecule has 0 aliphatic rings. The molecule has 0 aliphatic heterocycles. The smallest absolute Gasteiger partial charge is 0.265 e. The Morgan fingerprint density at radius 2 is 1.73 bits per heavy atom. The summed E-state index contributed by atoms with van der Waals surface area (Å²) in [5.41, 5.74) is 5.26. The summed E-state index contributed by atoms with van der Waals surface area (Å²) in [7, 11) is -7.64. The van der Waals surface area contributed by atoms with Gasteiger partial charge in [-0.25, -0.2) is 8.42 Å². The molecule has 0 heterocycles. The van der Waals surface area contributed by atoms with Crippen LogP contribution in [0, 0.1) is 5.92 Å². The standard InChI is InChI=1S/C7H17NO5S2/c1-7(2-3-8)6-14(9,10)4-5-15(11,12)13/h7H,2-6,8H2,1H3,(H,11,12,13). The second-order valence-electron chi connectivity index (χ2n) is 3.58. The third-order valence-corrected chi connectivity index (χ3v) is 4.73. The average molecular weight is 259 g/mol. The lowest BCUT2D eigenvalue weighted by atomic mass is 10.1. The lowest BCUT2D eigenvalue weighted by molar-refractivity contribution is 0.483. The fourth-order valence-corrected chi connectivity index (χ4v) is 4.18. The minimum absolute atomic E-state index is 0.0959. The van der Waals surface area contributed by atoms with E-state index in [0.29, 0.717) is 13.0 Å². The van der Waals surface area contributed by atoms with Gasteiger partial charge < -0.3 is 5.73 Å². The van der Waals surface area contributed by atoms with E-state index in [2.05, 4.69) is 0 Å². The van der Waals surface area contributed by atoms with Gasteiger partial charge in [0, 0.05) is 0 Å². The molecule has 8 heteroatoms. The molecular formula is C7H17NO5S2. The van der Waals surface area contributed by atoms with Gasteiger partial charge in [-0.1, -0.05) is 6.92 Å². The highest BCUT2D eigenvalue weighted by atomic mass is 32.2. The third-order valence-electron chi connectivity index (χ3n) is 1.85. The van der Waals surface area contributed by atoms with Crippen molar-refractivity contribution in [3.8, 4) is 0 Å². The molecule has 0 aliphatic carbocycles. The first kappa shape index (κ1) is 14.8. The molecule has 6 nitrogen and oxygen atoms in total. The summed E-state index contributed by atoms with van der Waals surface area (Å²) in [5, 5.41) is 0. The van der Waals surface area contributed by atoms with E-state index in [9.17, 15) is 16.8 Å². The number of sulfone groups is 1. The van der Waals surface area contributed by atoms with E-state index >= 15 is 0 Å². The topological polar surface area (TPSA) is 115 Å². The summed E-state index contributed by atoms with van der Waals surface area (Å²) in [6.07, 6.45) is 0.575. The number of hydrogen-bond donors (Lipinski definition) is 2. The highest BCUT2D eigenvalue weighted by Crippen LogP contribution is 2.06. The van der Waals surface area contributed by atoms with Gasteiger partial charge >= 0.3 is 0 Å². The normalized spacial score (nSPS) is 15.1. The van der Waals surface area contributed by atoms with Crippen LogP contribution >= 0.6 is 0 Å². The van der Waals surface area contributed by atoms with Gasteiger partial charge in [0.2, 0.25) is 0 Å². The molecular weight excluding hydrogens is 242 g/mol. The Morgan fingerprint density at radius 3 is 2.13 bits per heavy atom. The van der Waals surface area contributed by atoms with E-state index in [1.54, 1.807) is 6.92 Å². The monoisotopic (exact) mass is 259 g/mol. The predicted molar refractivity (Wildman–Crippen MR) is 57.9 cm³/mol. The minimum atomic E-state index is -4.21. The lowest BCUT2D eigenvalue weighted by Crippen LogP contribution is -2.23. The van der Waals surface area contributed by atoms with E-state index in [0.717, 1.165) is 0 Å². The van der Waals surface area contributed by atoms with Crippen LogP contribution in [0.15, 0.2) is 0 Å². The van der Waals surface area contributed by atoms with Crippen molar-refractivity contribution in [2.24, 2.45) is 11.7 Å². The van der Waals surface area contributed by atoms with Crippen molar-refractivity contribution in [1.29, 1.82) is 0 Å². The Bertz CT molecular complexity index is 372. The molecule has 0 spiro atoms. The molecule has 3 N–H and O–H groups in total. The summed E-state index contributed by atoms with van der Waals surface area (Å²) in [6.45, 7) is 2.13. The van der Waals surface area contributed by atoms with Gasteiger partial charge in [-0.05, 0) is 18.9 Å². The van der Waals surface area contributed by atoms with Crippen molar-refractivity contribution in [3.05, 3.63) is 0 Å². The fourth-order valence-electron chi connectivity index (χ4n) is 1.12. The maximum atomic E-state index is 11.3. The Labute approximate surface area is 90.5 Å². The van der Waals surface area contributed by atoms with Gasteiger partial charge in [-0.15, -0.1) is 0 Å². The van der Waals surface area contributed by atoms with Gasteiger partial charge in [-0.3, -0.25) is 4.55 Å². The van der Waals surface area contributed by atoms with E-state index in [-0.39, 0.29) is 11.7 Å². The third kappa shape index (κ3) is 8.79. The molecule has 0 saturated carbocycles. The van der Waals surface area contributed by atoms with Crippen LogP contribution < -0.4 is 5.73 Å². The van der Waals surface area contributed by atoms with Gasteiger partial charge in [0.1, 0.15) is 0 Å². The van der Waals surface area contributed by atoms with Gasteiger partial charge in [0.25, 0.3) is 10.1 Å². The fraction of sp³-hybridized carbons (Fsp3) is 1.00. The van der Waals surface area contributed by atoms with E-state index < -0.39 is 31.5 Å². The van der Waals surface area contributed by atoms with Crippen LogP contribution in [0.3, 0.4) is 0 Å². The van der Waals surface area contributed by atoms with Crippen LogP contribution in [-0.2, 0) is 20.0 Å². The maximum absolute atomic E-state index is 11.3. The van der Waals surface area contributed by atoms with Crippen LogP contribution in [-0.4, -0.2) is 45.2 Å². The molecule has 92 valence electrons. The zero-order chi connectivity index (χ0) is 12.1. The largest absolute Gasteiger partial charge is 0.330 e. The minimum Gasteiger partial charge on any atom is -0.330 e. The number of nitrogens with two attached hydrogens (primary N) is 1.